The Labute approximate surface area is 163 Å². The lowest BCUT2D eigenvalue weighted by Gasteiger charge is -2.34. The van der Waals surface area contributed by atoms with Gasteiger partial charge in [0.2, 0.25) is 10.0 Å². The maximum atomic E-state index is 12.6. The van der Waals surface area contributed by atoms with Gasteiger partial charge in [-0.05, 0) is 63.8 Å². The molecular formula is C18H26F3N3O3S. The van der Waals surface area contributed by atoms with Gasteiger partial charge in [0, 0.05) is 25.2 Å². The largest absolute Gasteiger partial charge is 0.416 e. The molecule has 2 amide bonds. The van der Waals surface area contributed by atoms with E-state index in [1.807, 2.05) is 20.8 Å². The van der Waals surface area contributed by atoms with Crippen LogP contribution >= 0.6 is 0 Å². The lowest BCUT2D eigenvalue weighted by atomic mass is 9.97. The van der Waals surface area contributed by atoms with E-state index in [1.165, 1.54) is 0 Å². The molecule has 1 aromatic rings. The average Bonchev–Trinajstić information content (AvgIpc) is 2.58. The van der Waals surface area contributed by atoms with Crippen LogP contribution < -0.4 is 10.0 Å². The molecule has 0 saturated carbocycles. The van der Waals surface area contributed by atoms with Gasteiger partial charge in [-0.3, -0.25) is 0 Å². The summed E-state index contributed by atoms with van der Waals surface area (Å²) in [4.78, 5) is 13.6. The Hall–Kier alpha value is -1.81. The zero-order chi connectivity index (χ0) is 21.2. The van der Waals surface area contributed by atoms with Crippen LogP contribution in [0.2, 0.25) is 0 Å². The molecule has 1 saturated heterocycles. The van der Waals surface area contributed by atoms with Gasteiger partial charge in [-0.15, -0.1) is 0 Å². The Bertz CT molecular complexity index is 779. The van der Waals surface area contributed by atoms with Gasteiger partial charge in [-0.25, -0.2) is 17.9 Å². The third-order valence-corrected chi connectivity index (χ3v) is 5.88. The van der Waals surface area contributed by atoms with E-state index >= 15 is 0 Å². The summed E-state index contributed by atoms with van der Waals surface area (Å²) in [5.41, 5.74) is -1.22. The van der Waals surface area contributed by atoms with Crippen molar-refractivity contribution in [2.45, 2.75) is 50.2 Å². The van der Waals surface area contributed by atoms with Crippen molar-refractivity contribution < 1.29 is 26.4 Å². The fourth-order valence-corrected chi connectivity index (χ4v) is 3.99. The van der Waals surface area contributed by atoms with Crippen molar-refractivity contribution in [3.8, 4) is 0 Å². The molecule has 0 aromatic heterocycles. The van der Waals surface area contributed by atoms with Crippen LogP contribution in [0.15, 0.2) is 29.2 Å². The topological polar surface area (TPSA) is 78.5 Å². The van der Waals surface area contributed by atoms with Crippen LogP contribution in [-0.2, 0) is 16.2 Å². The Morgan fingerprint density at radius 1 is 1.11 bits per heavy atom. The van der Waals surface area contributed by atoms with Crippen LogP contribution in [0.5, 0.6) is 0 Å². The first-order chi connectivity index (χ1) is 12.8. The molecule has 1 aliphatic heterocycles. The average molecular weight is 421 g/mol. The summed E-state index contributed by atoms with van der Waals surface area (Å²) >= 11 is 0. The highest BCUT2D eigenvalue weighted by molar-refractivity contribution is 7.89. The van der Waals surface area contributed by atoms with E-state index in [0.717, 1.165) is 24.3 Å². The van der Waals surface area contributed by atoms with Crippen LogP contribution in [0.25, 0.3) is 0 Å². The molecule has 1 fully saturated rings. The van der Waals surface area contributed by atoms with Crippen LogP contribution in [0, 0.1) is 5.92 Å². The number of hydrogen-bond donors (Lipinski definition) is 2. The monoisotopic (exact) mass is 421 g/mol. The highest BCUT2D eigenvalue weighted by Gasteiger charge is 2.31. The molecule has 0 radical (unpaired) electrons. The van der Waals surface area contributed by atoms with E-state index in [1.54, 1.807) is 4.90 Å². The highest BCUT2D eigenvalue weighted by Crippen LogP contribution is 2.29. The van der Waals surface area contributed by atoms with E-state index in [0.29, 0.717) is 25.9 Å². The third-order valence-electron chi connectivity index (χ3n) is 4.44. The molecule has 0 unspecified atom stereocenters. The minimum atomic E-state index is -4.51. The Morgan fingerprint density at radius 2 is 1.64 bits per heavy atom. The van der Waals surface area contributed by atoms with Crippen molar-refractivity contribution in [3.63, 3.8) is 0 Å². The van der Waals surface area contributed by atoms with Crippen molar-refractivity contribution >= 4 is 16.1 Å². The molecule has 2 N–H and O–H groups in total. The van der Waals surface area contributed by atoms with Crippen LogP contribution in [0.3, 0.4) is 0 Å². The molecule has 0 aliphatic carbocycles. The van der Waals surface area contributed by atoms with Crippen molar-refractivity contribution in [2.24, 2.45) is 5.92 Å². The van der Waals surface area contributed by atoms with E-state index in [-0.39, 0.29) is 28.9 Å². The fraction of sp³-hybridized carbons (Fsp3) is 0.611. The zero-order valence-corrected chi connectivity index (χ0v) is 17.0. The molecule has 10 heteroatoms. The summed E-state index contributed by atoms with van der Waals surface area (Å²) in [5, 5.41) is 2.89. The summed E-state index contributed by atoms with van der Waals surface area (Å²) in [6.45, 7) is 6.91. The molecule has 1 heterocycles. The normalized spacial score (nSPS) is 16.9. The minimum Gasteiger partial charge on any atom is -0.333 e. The van der Waals surface area contributed by atoms with E-state index in [2.05, 4.69) is 10.0 Å². The number of hydrogen-bond acceptors (Lipinski definition) is 3. The number of nitrogens with one attached hydrogen (secondary N) is 2. The quantitative estimate of drug-likeness (QED) is 0.784. The number of urea groups is 1. The first-order valence-electron chi connectivity index (χ1n) is 9.02. The van der Waals surface area contributed by atoms with Crippen molar-refractivity contribution in [1.82, 2.24) is 14.9 Å². The maximum Gasteiger partial charge on any atom is 0.416 e. The smallest absolute Gasteiger partial charge is 0.333 e. The van der Waals surface area contributed by atoms with E-state index < -0.39 is 21.8 Å². The van der Waals surface area contributed by atoms with Gasteiger partial charge >= 0.3 is 12.2 Å². The zero-order valence-electron chi connectivity index (χ0n) is 16.1. The molecule has 1 aromatic carbocycles. The molecule has 2 rings (SSSR count). The number of likely N-dealkylation sites (tertiary alicyclic amines) is 1. The van der Waals surface area contributed by atoms with Crippen molar-refractivity contribution in [3.05, 3.63) is 29.8 Å². The number of amides is 2. The fourth-order valence-electron chi connectivity index (χ4n) is 2.87. The van der Waals surface area contributed by atoms with Crippen LogP contribution in [0.1, 0.15) is 39.2 Å². The van der Waals surface area contributed by atoms with Gasteiger partial charge in [-0.1, -0.05) is 0 Å². The van der Waals surface area contributed by atoms with Gasteiger partial charge < -0.3 is 10.2 Å². The summed E-state index contributed by atoms with van der Waals surface area (Å²) in [6.07, 6.45) is -3.22. The lowest BCUT2D eigenvalue weighted by Crippen LogP contribution is -2.51. The van der Waals surface area contributed by atoms with Gasteiger partial charge in [-0.2, -0.15) is 13.2 Å². The molecule has 0 bridgehead atoms. The van der Waals surface area contributed by atoms with E-state index in [4.69, 9.17) is 0 Å². The second-order valence-corrected chi connectivity index (χ2v) is 9.75. The number of sulfonamides is 1. The van der Waals surface area contributed by atoms with Gasteiger partial charge in [0.05, 0.1) is 10.5 Å². The molecule has 28 heavy (non-hydrogen) atoms. The number of nitrogens with zero attached hydrogens (tertiary/aromatic N) is 1. The lowest BCUT2D eigenvalue weighted by molar-refractivity contribution is -0.137. The second kappa shape index (κ2) is 8.28. The number of piperidine rings is 1. The Kier molecular flexibility index (Phi) is 6.65. The summed E-state index contributed by atoms with van der Waals surface area (Å²) < 4.78 is 64.8. The van der Waals surface area contributed by atoms with Crippen molar-refractivity contribution in [2.75, 3.05) is 19.6 Å². The standard InChI is InChI=1S/C18H26F3N3O3S/c1-17(2,3)23-16(25)24-10-8-13(9-11-24)12-22-28(26,27)15-6-4-14(5-7-15)18(19,20)21/h4-7,13,22H,8-12H2,1-3H3,(H,23,25). The molecular weight excluding hydrogens is 395 g/mol. The Balaban J connectivity index is 1.86. The first-order valence-corrected chi connectivity index (χ1v) is 10.5. The van der Waals surface area contributed by atoms with Gasteiger partial charge in [0.1, 0.15) is 0 Å². The second-order valence-electron chi connectivity index (χ2n) is 7.98. The summed E-state index contributed by atoms with van der Waals surface area (Å²) in [6, 6.07) is 3.26. The third kappa shape index (κ3) is 6.37. The van der Waals surface area contributed by atoms with Gasteiger partial charge in [0.25, 0.3) is 0 Å². The number of halogens is 3. The van der Waals surface area contributed by atoms with Crippen LogP contribution in [-0.4, -0.2) is 44.5 Å². The predicted molar refractivity (Wildman–Crippen MR) is 99.2 cm³/mol. The number of alkyl halides is 3. The number of benzene rings is 1. The Morgan fingerprint density at radius 3 is 2.11 bits per heavy atom. The first kappa shape index (κ1) is 22.5. The number of rotatable bonds is 4. The van der Waals surface area contributed by atoms with Crippen LogP contribution in [0.4, 0.5) is 18.0 Å². The summed E-state index contributed by atoms with van der Waals surface area (Å²) in [5.74, 6) is 0.0583. The molecule has 0 spiro atoms. The SMILES string of the molecule is CC(C)(C)NC(=O)N1CCC(CNS(=O)(=O)c2ccc(C(F)(F)F)cc2)CC1. The summed E-state index contributed by atoms with van der Waals surface area (Å²) in [7, 11) is -3.89. The number of carbonyl (C=O) groups excluding carboxylic acids is 1. The highest BCUT2D eigenvalue weighted by atomic mass is 32.2. The molecule has 158 valence electrons. The van der Waals surface area contributed by atoms with Crippen molar-refractivity contribution in [1.29, 1.82) is 0 Å². The maximum absolute atomic E-state index is 12.6. The molecule has 0 atom stereocenters. The predicted octanol–water partition coefficient (Wildman–Crippen LogP) is 3.20. The number of carbonyl (C=O) groups is 1. The molecule has 6 nitrogen and oxygen atoms in total. The van der Waals surface area contributed by atoms with E-state index in [9.17, 15) is 26.4 Å². The molecule has 1 aliphatic rings. The van der Waals surface area contributed by atoms with Gasteiger partial charge in [0.15, 0.2) is 0 Å². The minimum absolute atomic E-state index is 0.0583.